The van der Waals surface area contributed by atoms with Crippen LogP contribution in [0.1, 0.15) is 25.7 Å². The number of rotatable bonds is 3. The zero-order chi connectivity index (χ0) is 18.1. The van der Waals surface area contributed by atoms with Crippen LogP contribution in [0.3, 0.4) is 0 Å². The van der Waals surface area contributed by atoms with Crippen LogP contribution >= 0.6 is 11.6 Å². The SMILES string of the molecule is O=C(C1CCCN1)N1CCC(Oc2cc3cc[nH]c(=O)c3cc2Cl)CC1. The van der Waals surface area contributed by atoms with E-state index in [1.165, 1.54) is 0 Å². The normalized spacial score (nSPS) is 21.3. The van der Waals surface area contributed by atoms with E-state index < -0.39 is 0 Å². The standard InChI is InChI=1S/C19H22ClN3O3/c20-15-11-14-12(3-7-22-18(14)24)10-17(15)26-13-4-8-23(9-5-13)19(25)16-2-1-6-21-16/h3,7,10-11,13,16,21H,1-2,4-6,8-9H2,(H,22,24). The highest BCUT2D eigenvalue weighted by molar-refractivity contribution is 6.32. The lowest BCUT2D eigenvalue weighted by atomic mass is 10.1. The molecule has 0 spiro atoms. The molecule has 2 saturated heterocycles. The third-order valence-corrected chi connectivity index (χ3v) is 5.53. The monoisotopic (exact) mass is 375 g/mol. The number of carbonyl (C=O) groups is 1. The number of aromatic amines is 1. The molecule has 0 bridgehead atoms. The van der Waals surface area contributed by atoms with Gasteiger partial charge in [0.15, 0.2) is 0 Å². The van der Waals surface area contributed by atoms with Gasteiger partial charge >= 0.3 is 0 Å². The summed E-state index contributed by atoms with van der Waals surface area (Å²) >= 11 is 6.31. The number of nitrogens with zero attached hydrogens (tertiary/aromatic N) is 1. The molecule has 2 N–H and O–H groups in total. The summed E-state index contributed by atoms with van der Waals surface area (Å²) in [4.78, 5) is 28.9. The fourth-order valence-corrected chi connectivity index (χ4v) is 3.98. The van der Waals surface area contributed by atoms with Gasteiger partial charge in [0.1, 0.15) is 11.9 Å². The van der Waals surface area contributed by atoms with Gasteiger partial charge in [-0.1, -0.05) is 11.6 Å². The van der Waals surface area contributed by atoms with Crippen LogP contribution in [0, 0.1) is 0 Å². The molecule has 0 radical (unpaired) electrons. The van der Waals surface area contributed by atoms with Gasteiger partial charge in [-0.05, 0) is 43.0 Å². The van der Waals surface area contributed by atoms with Gasteiger partial charge in [-0.25, -0.2) is 0 Å². The summed E-state index contributed by atoms with van der Waals surface area (Å²) in [5.41, 5.74) is -0.164. The highest BCUT2D eigenvalue weighted by Crippen LogP contribution is 2.31. The number of likely N-dealkylation sites (tertiary alicyclic amines) is 1. The third kappa shape index (κ3) is 3.44. The molecule has 2 aliphatic heterocycles. The molecule has 7 heteroatoms. The number of pyridine rings is 1. The third-order valence-electron chi connectivity index (χ3n) is 5.23. The van der Waals surface area contributed by atoms with Crippen molar-refractivity contribution in [3.63, 3.8) is 0 Å². The lowest BCUT2D eigenvalue weighted by Crippen LogP contribution is -2.48. The average molecular weight is 376 g/mol. The van der Waals surface area contributed by atoms with E-state index in [0.717, 1.165) is 37.6 Å². The van der Waals surface area contributed by atoms with E-state index >= 15 is 0 Å². The van der Waals surface area contributed by atoms with Crippen LogP contribution in [-0.4, -0.2) is 47.6 Å². The van der Waals surface area contributed by atoms with E-state index in [2.05, 4.69) is 10.3 Å². The number of nitrogens with one attached hydrogen (secondary N) is 2. The van der Waals surface area contributed by atoms with Crippen molar-refractivity contribution in [2.45, 2.75) is 37.8 Å². The van der Waals surface area contributed by atoms with Crippen molar-refractivity contribution in [2.24, 2.45) is 0 Å². The largest absolute Gasteiger partial charge is 0.489 e. The van der Waals surface area contributed by atoms with Gasteiger partial charge in [-0.15, -0.1) is 0 Å². The number of hydrogen-bond donors (Lipinski definition) is 2. The Labute approximate surface area is 156 Å². The summed E-state index contributed by atoms with van der Waals surface area (Å²) in [6, 6.07) is 5.28. The smallest absolute Gasteiger partial charge is 0.255 e. The molecule has 2 aliphatic rings. The topological polar surface area (TPSA) is 74.4 Å². The number of carbonyl (C=O) groups excluding carboxylic acids is 1. The molecule has 3 heterocycles. The highest BCUT2D eigenvalue weighted by atomic mass is 35.5. The maximum Gasteiger partial charge on any atom is 0.255 e. The molecule has 1 amide bonds. The van der Waals surface area contributed by atoms with E-state index in [1.807, 2.05) is 17.0 Å². The second kappa shape index (κ2) is 7.29. The Morgan fingerprint density at radius 3 is 2.77 bits per heavy atom. The zero-order valence-corrected chi connectivity index (χ0v) is 15.2. The maximum atomic E-state index is 12.5. The molecule has 26 heavy (non-hydrogen) atoms. The van der Waals surface area contributed by atoms with Gasteiger partial charge in [0, 0.05) is 37.5 Å². The van der Waals surface area contributed by atoms with E-state index in [9.17, 15) is 9.59 Å². The first-order valence-electron chi connectivity index (χ1n) is 9.11. The van der Waals surface area contributed by atoms with E-state index in [0.29, 0.717) is 29.2 Å². The Morgan fingerprint density at radius 1 is 1.23 bits per heavy atom. The Morgan fingerprint density at radius 2 is 2.04 bits per heavy atom. The van der Waals surface area contributed by atoms with Crippen LogP contribution in [0.5, 0.6) is 5.75 Å². The Bertz CT molecular complexity index is 868. The van der Waals surface area contributed by atoms with Crippen molar-refractivity contribution in [2.75, 3.05) is 19.6 Å². The molecule has 138 valence electrons. The van der Waals surface area contributed by atoms with Crippen molar-refractivity contribution < 1.29 is 9.53 Å². The van der Waals surface area contributed by atoms with Crippen molar-refractivity contribution in [1.29, 1.82) is 0 Å². The quantitative estimate of drug-likeness (QED) is 0.863. The minimum atomic E-state index is -0.164. The molecule has 1 unspecified atom stereocenters. The molecule has 1 aromatic heterocycles. The molecular weight excluding hydrogens is 354 g/mol. The van der Waals surface area contributed by atoms with Crippen molar-refractivity contribution >= 4 is 28.3 Å². The molecule has 2 aromatic rings. The maximum absolute atomic E-state index is 12.5. The summed E-state index contributed by atoms with van der Waals surface area (Å²) in [5.74, 6) is 0.802. The lowest BCUT2D eigenvalue weighted by molar-refractivity contribution is -0.134. The van der Waals surface area contributed by atoms with E-state index in [4.69, 9.17) is 16.3 Å². The fraction of sp³-hybridized carbons (Fsp3) is 0.474. The van der Waals surface area contributed by atoms with Gasteiger partial charge in [0.05, 0.1) is 11.1 Å². The predicted octanol–water partition coefficient (Wildman–Crippen LogP) is 2.30. The Hall–Kier alpha value is -2.05. The summed E-state index contributed by atoms with van der Waals surface area (Å²) < 4.78 is 6.09. The molecule has 0 aliphatic carbocycles. The molecule has 1 aromatic carbocycles. The number of benzene rings is 1. The van der Waals surface area contributed by atoms with Crippen LogP contribution in [-0.2, 0) is 4.79 Å². The number of amides is 1. The minimum Gasteiger partial charge on any atom is -0.489 e. The van der Waals surface area contributed by atoms with Gasteiger partial charge in [0.2, 0.25) is 5.91 Å². The number of piperidine rings is 1. The van der Waals surface area contributed by atoms with Crippen LogP contribution in [0.15, 0.2) is 29.2 Å². The van der Waals surface area contributed by atoms with E-state index in [-0.39, 0.29) is 23.6 Å². The van der Waals surface area contributed by atoms with Crippen molar-refractivity contribution in [3.05, 3.63) is 39.8 Å². The average Bonchev–Trinajstić information content (AvgIpc) is 3.18. The molecule has 4 rings (SSSR count). The zero-order valence-electron chi connectivity index (χ0n) is 14.5. The summed E-state index contributed by atoms with van der Waals surface area (Å²) in [6.07, 6.45) is 5.20. The first kappa shape index (κ1) is 17.4. The molecule has 6 nitrogen and oxygen atoms in total. The second-order valence-corrected chi connectivity index (χ2v) is 7.38. The van der Waals surface area contributed by atoms with E-state index in [1.54, 1.807) is 12.3 Å². The first-order valence-corrected chi connectivity index (χ1v) is 9.49. The lowest BCUT2D eigenvalue weighted by Gasteiger charge is -2.33. The van der Waals surface area contributed by atoms with Crippen molar-refractivity contribution in [1.82, 2.24) is 15.2 Å². The number of aromatic nitrogens is 1. The Kier molecular flexibility index (Phi) is 4.87. The summed E-state index contributed by atoms with van der Waals surface area (Å²) in [5, 5.41) is 5.05. The number of halogens is 1. The molecule has 0 saturated carbocycles. The number of hydrogen-bond acceptors (Lipinski definition) is 4. The fourth-order valence-electron chi connectivity index (χ4n) is 3.77. The van der Waals surface area contributed by atoms with Crippen LogP contribution in [0.2, 0.25) is 5.02 Å². The first-order chi connectivity index (χ1) is 12.6. The van der Waals surface area contributed by atoms with Gasteiger partial charge in [0.25, 0.3) is 5.56 Å². The van der Waals surface area contributed by atoms with Crippen molar-refractivity contribution in [3.8, 4) is 5.75 Å². The molecular formula is C19H22ClN3O3. The molecule has 1 atom stereocenters. The number of H-pyrrole nitrogens is 1. The number of fused-ring (bicyclic) bond motifs is 1. The van der Waals surface area contributed by atoms with Crippen LogP contribution in [0.4, 0.5) is 0 Å². The van der Waals surface area contributed by atoms with Gasteiger partial charge in [-0.2, -0.15) is 0 Å². The minimum absolute atomic E-state index is 0.0134. The van der Waals surface area contributed by atoms with Gasteiger partial charge in [-0.3, -0.25) is 9.59 Å². The number of ether oxygens (including phenoxy) is 1. The second-order valence-electron chi connectivity index (χ2n) is 6.97. The summed E-state index contributed by atoms with van der Waals surface area (Å²) in [6.45, 7) is 2.33. The molecule has 2 fully saturated rings. The van der Waals surface area contributed by atoms with Crippen LogP contribution < -0.4 is 15.6 Å². The van der Waals surface area contributed by atoms with Gasteiger partial charge < -0.3 is 19.9 Å². The highest BCUT2D eigenvalue weighted by Gasteiger charge is 2.30. The van der Waals surface area contributed by atoms with Crippen LogP contribution in [0.25, 0.3) is 10.8 Å². The Balaban J connectivity index is 1.41. The predicted molar refractivity (Wildman–Crippen MR) is 101 cm³/mol. The summed E-state index contributed by atoms with van der Waals surface area (Å²) in [7, 11) is 0.